The van der Waals surface area contributed by atoms with E-state index in [2.05, 4.69) is 11.6 Å². The van der Waals surface area contributed by atoms with Crippen LogP contribution in [0.2, 0.25) is 0 Å². The monoisotopic (exact) mass is 317 g/mol. The maximum absolute atomic E-state index is 12.2. The van der Waals surface area contributed by atoms with Crippen molar-refractivity contribution in [3.8, 4) is 0 Å². The molecule has 1 aliphatic carbocycles. The predicted octanol–water partition coefficient (Wildman–Crippen LogP) is 2.53. The predicted molar refractivity (Wildman–Crippen MR) is 81.5 cm³/mol. The Morgan fingerprint density at radius 2 is 2.05 bits per heavy atom. The number of hydrogen-bond acceptors (Lipinski definition) is 4. The fourth-order valence-electron chi connectivity index (χ4n) is 2.47. The maximum Gasteiger partial charge on any atom is 0.250 e. The zero-order valence-corrected chi connectivity index (χ0v) is 13.7. The van der Waals surface area contributed by atoms with Crippen molar-refractivity contribution in [2.24, 2.45) is 5.92 Å². The molecule has 114 valence electrons. The van der Waals surface area contributed by atoms with Gasteiger partial charge in [0.15, 0.2) is 0 Å². The topological polar surface area (TPSA) is 66.4 Å². The van der Waals surface area contributed by atoms with Gasteiger partial charge < -0.3 is 5.11 Å². The van der Waals surface area contributed by atoms with Crippen LogP contribution < -0.4 is 4.72 Å². The van der Waals surface area contributed by atoms with Crippen LogP contribution in [0.4, 0.5) is 0 Å². The first-order valence-corrected chi connectivity index (χ1v) is 9.45. The highest BCUT2D eigenvalue weighted by atomic mass is 32.2. The summed E-state index contributed by atoms with van der Waals surface area (Å²) in [7, 11) is -3.49. The van der Waals surface area contributed by atoms with Gasteiger partial charge in [0.2, 0.25) is 10.0 Å². The van der Waals surface area contributed by atoms with Crippen LogP contribution in [0.25, 0.3) is 0 Å². The van der Waals surface area contributed by atoms with Crippen molar-refractivity contribution in [1.29, 1.82) is 0 Å². The average Bonchev–Trinajstić information content (AvgIpc) is 2.90. The molecule has 1 aliphatic rings. The van der Waals surface area contributed by atoms with E-state index in [0.717, 1.165) is 24.1 Å². The average molecular weight is 317 g/mol. The number of aryl methyl sites for hydroxylation is 1. The minimum Gasteiger partial charge on any atom is -0.389 e. The van der Waals surface area contributed by atoms with E-state index in [0.29, 0.717) is 23.0 Å². The highest BCUT2D eigenvalue weighted by Crippen LogP contribution is 2.31. The van der Waals surface area contributed by atoms with Gasteiger partial charge in [0, 0.05) is 11.4 Å². The molecule has 1 fully saturated rings. The minimum atomic E-state index is -3.49. The summed E-state index contributed by atoms with van der Waals surface area (Å²) in [6.45, 7) is 4.28. The van der Waals surface area contributed by atoms with E-state index in [1.807, 2.05) is 13.0 Å². The van der Waals surface area contributed by atoms with Gasteiger partial charge in [-0.2, -0.15) is 0 Å². The van der Waals surface area contributed by atoms with E-state index in [-0.39, 0.29) is 6.54 Å². The lowest BCUT2D eigenvalue weighted by atomic mass is 9.80. The first-order valence-electron chi connectivity index (χ1n) is 7.15. The largest absolute Gasteiger partial charge is 0.389 e. The number of rotatable bonds is 5. The van der Waals surface area contributed by atoms with Crippen LogP contribution in [-0.4, -0.2) is 25.7 Å². The van der Waals surface area contributed by atoms with Crippen molar-refractivity contribution < 1.29 is 13.5 Å². The van der Waals surface area contributed by atoms with E-state index in [9.17, 15) is 13.5 Å². The van der Waals surface area contributed by atoms with Crippen molar-refractivity contribution in [2.75, 3.05) is 6.54 Å². The summed E-state index contributed by atoms with van der Waals surface area (Å²) < 4.78 is 27.3. The number of thiophene rings is 1. The Kier molecular flexibility index (Phi) is 4.89. The van der Waals surface area contributed by atoms with E-state index in [1.54, 1.807) is 6.07 Å². The van der Waals surface area contributed by atoms with Gasteiger partial charge in [-0.3, -0.25) is 0 Å². The molecule has 4 nitrogen and oxygen atoms in total. The highest BCUT2D eigenvalue weighted by Gasteiger charge is 2.33. The lowest BCUT2D eigenvalue weighted by Gasteiger charge is -2.34. The molecule has 0 saturated heterocycles. The Bertz CT molecular complexity index is 543. The molecule has 1 saturated carbocycles. The van der Waals surface area contributed by atoms with Crippen molar-refractivity contribution in [2.45, 2.75) is 55.8 Å². The second kappa shape index (κ2) is 6.13. The van der Waals surface area contributed by atoms with E-state index < -0.39 is 15.6 Å². The Morgan fingerprint density at radius 1 is 1.40 bits per heavy atom. The molecule has 0 radical (unpaired) electrons. The summed E-state index contributed by atoms with van der Waals surface area (Å²) in [4.78, 5) is 1.05. The molecular weight excluding hydrogens is 294 g/mol. The second-order valence-corrected chi connectivity index (χ2v) is 8.97. The van der Waals surface area contributed by atoms with Gasteiger partial charge in [0.1, 0.15) is 4.21 Å². The third-order valence-corrected chi connectivity index (χ3v) is 7.17. The zero-order chi connectivity index (χ0) is 14.8. The smallest absolute Gasteiger partial charge is 0.250 e. The zero-order valence-electron chi connectivity index (χ0n) is 12.1. The number of nitrogens with one attached hydrogen (secondary N) is 1. The van der Waals surface area contributed by atoms with E-state index in [1.165, 1.54) is 11.3 Å². The van der Waals surface area contributed by atoms with Crippen molar-refractivity contribution in [3.05, 3.63) is 17.0 Å². The molecule has 0 aromatic carbocycles. The molecule has 2 N–H and O–H groups in total. The lowest BCUT2D eigenvalue weighted by molar-refractivity contribution is -0.00181. The fourth-order valence-corrected chi connectivity index (χ4v) is 4.93. The van der Waals surface area contributed by atoms with Crippen LogP contribution in [0.5, 0.6) is 0 Å². The molecule has 6 heteroatoms. The SMILES string of the molecule is CCc1ccc(S(=O)(=O)NCC2(O)CCC(C)CC2)s1. The second-order valence-electron chi connectivity index (χ2n) is 5.81. The quantitative estimate of drug-likeness (QED) is 0.877. The molecule has 20 heavy (non-hydrogen) atoms. The third kappa shape index (κ3) is 3.81. The van der Waals surface area contributed by atoms with Gasteiger partial charge in [0.05, 0.1) is 5.60 Å². The maximum atomic E-state index is 12.2. The molecule has 0 atom stereocenters. The van der Waals surface area contributed by atoms with Crippen LogP contribution in [0, 0.1) is 5.92 Å². The van der Waals surface area contributed by atoms with E-state index in [4.69, 9.17) is 0 Å². The number of hydrogen-bond donors (Lipinski definition) is 2. The van der Waals surface area contributed by atoms with Gasteiger partial charge in [-0.25, -0.2) is 13.1 Å². The van der Waals surface area contributed by atoms with Gasteiger partial charge in [-0.1, -0.05) is 13.8 Å². The summed E-state index contributed by atoms with van der Waals surface area (Å²) in [5.41, 5.74) is -0.884. The molecule has 1 aromatic heterocycles. The molecule has 0 unspecified atom stereocenters. The lowest BCUT2D eigenvalue weighted by Crippen LogP contribution is -2.45. The fraction of sp³-hybridized carbons (Fsp3) is 0.714. The van der Waals surface area contributed by atoms with Crippen LogP contribution >= 0.6 is 11.3 Å². The third-order valence-electron chi connectivity index (χ3n) is 4.05. The van der Waals surface area contributed by atoms with Crippen LogP contribution in [0.1, 0.15) is 44.4 Å². The molecule has 0 bridgehead atoms. The first kappa shape index (κ1) is 15.9. The van der Waals surface area contributed by atoms with Gasteiger partial charge >= 0.3 is 0 Å². The summed E-state index contributed by atoms with van der Waals surface area (Å²) in [6, 6.07) is 3.48. The van der Waals surface area contributed by atoms with Crippen LogP contribution in [0.3, 0.4) is 0 Å². The highest BCUT2D eigenvalue weighted by molar-refractivity contribution is 7.91. The molecule has 1 heterocycles. The molecule has 0 aliphatic heterocycles. The van der Waals surface area contributed by atoms with Crippen LogP contribution in [0.15, 0.2) is 16.3 Å². The van der Waals surface area contributed by atoms with Gasteiger partial charge in [-0.05, 0) is 50.2 Å². The molecule has 2 rings (SSSR count). The summed E-state index contributed by atoms with van der Waals surface area (Å²) in [6.07, 6.45) is 4.08. The Labute approximate surface area is 125 Å². The first-order chi connectivity index (χ1) is 9.35. The van der Waals surface area contributed by atoms with Crippen molar-refractivity contribution >= 4 is 21.4 Å². The summed E-state index contributed by atoms with van der Waals surface area (Å²) >= 11 is 1.29. The normalized spacial score (nSPS) is 27.6. The Morgan fingerprint density at radius 3 is 2.60 bits per heavy atom. The van der Waals surface area contributed by atoms with E-state index >= 15 is 0 Å². The standard InChI is InChI=1S/C14H23NO3S2/c1-3-12-4-5-13(19-12)20(17,18)15-10-14(16)8-6-11(2)7-9-14/h4-5,11,15-16H,3,6-10H2,1-2H3. The van der Waals surface area contributed by atoms with Gasteiger partial charge in [0.25, 0.3) is 0 Å². The summed E-state index contributed by atoms with van der Waals surface area (Å²) in [5.74, 6) is 0.622. The molecule has 0 spiro atoms. The summed E-state index contributed by atoms with van der Waals surface area (Å²) in [5, 5.41) is 10.4. The van der Waals surface area contributed by atoms with Crippen molar-refractivity contribution in [1.82, 2.24) is 4.72 Å². The molecule has 0 amide bonds. The Balaban J connectivity index is 1.98. The van der Waals surface area contributed by atoms with Crippen molar-refractivity contribution in [3.63, 3.8) is 0 Å². The number of sulfonamides is 1. The van der Waals surface area contributed by atoms with Gasteiger partial charge in [-0.15, -0.1) is 11.3 Å². The number of aliphatic hydroxyl groups is 1. The molecule has 1 aromatic rings. The molecular formula is C14H23NO3S2. The Hall–Kier alpha value is -0.430. The van der Waals surface area contributed by atoms with Crippen LogP contribution in [-0.2, 0) is 16.4 Å². The minimum absolute atomic E-state index is 0.113.